The summed E-state index contributed by atoms with van der Waals surface area (Å²) in [5.74, 6) is 0. The molecule has 0 aliphatic heterocycles. The first kappa shape index (κ1) is 14.5. The van der Waals surface area contributed by atoms with Gasteiger partial charge in [-0.05, 0) is 36.9 Å². The number of thiophene rings is 1. The second-order valence-electron chi connectivity index (χ2n) is 4.95. The molecule has 1 aromatic heterocycles. The Morgan fingerprint density at radius 2 is 2.24 bits per heavy atom. The van der Waals surface area contributed by atoms with Gasteiger partial charge in [-0.3, -0.25) is 0 Å². The lowest BCUT2D eigenvalue weighted by Crippen LogP contribution is -2.30. The van der Waals surface area contributed by atoms with E-state index >= 15 is 0 Å². The van der Waals surface area contributed by atoms with Crippen molar-refractivity contribution in [3.63, 3.8) is 0 Å². The van der Waals surface area contributed by atoms with Crippen LogP contribution in [0.3, 0.4) is 0 Å². The van der Waals surface area contributed by atoms with E-state index < -0.39 is 0 Å². The summed E-state index contributed by atoms with van der Waals surface area (Å²) in [7, 11) is 0. The molecule has 1 heterocycles. The van der Waals surface area contributed by atoms with Crippen molar-refractivity contribution in [2.45, 2.75) is 33.1 Å². The number of hydrogen-bond donors (Lipinski definition) is 1. The van der Waals surface area contributed by atoms with Gasteiger partial charge in [0.05, 0.1) is 10.4 Å². The normalized spacial score (nSPS) is 11.4. The Kier molecular flexibility index (Phi) is 5.97. The van der Waals surface area contributed by atoms with Crippen LogP contribution in [0, 0.1) is 16.7 Å². The second kappa shape index (κ2) is 7.00. The topological polar surface area (TPSA) is 35.8 Å². The molecule has 94 valence electrons. The molecule has 0 bridgehead atoms. The van der Waals surface area contributed by atoms with Crippen molar-refractivity contribution in [1.29, 1.82) is 5.26 Å². The van der Waals surface area contributed by atoms with Gasteiger partial charge in [-0.15, -0.1) is 11.3 Å². The first-order chi connectivity index (χ1) is 8.03. The SMILES string of the molecule is CC(C)(CCC#N)CNCCc1ccc(Cl)s1. The molecule has 1 aromatic rings. The van der Waals surface area contributed by atoms with E-state index in [-0.39, 0.29) is 5.41 Å². The molecule has 0 fully saturated rings. The van der Waals surface area contributed by atoms with Crippen LogP contribution in [-0.2, 0) is 6.42 Å². The third kappa shape index (κ3) is 6.07. The van der Waals surface area contributed by atoms with E-state index in [0.29, 0.717) is 6.42 Å². The highest BCUT2D eigenvalue weighted by molar-refractivity contribution is 7.16. The fourth-order valence-electron chi connectivity index (χ4n) is 1.61. The lowest BCUT2D eigenvalue weighted by Gasteiger charge is -2.23. The first-order valence-electron chi connectivity index (χ1n) is 5.85. The van der Waals surface area contributed by atoms with Crippen molar-refractivity contribution in [1.82, 2.24) is 5.32 Å². The van der Waals surface area contributed by atoms with Crippen molar-refractivity contribution in [2.24, 2.45) is 5.41 Å². The average Bonchev–Trinajstić information content (AvgIpc) is 2.68. The average molecular weight is 271 g/mol. The molecular weight excluding hydrogens is 252 g/mol. The van der Waals surface area contributed by atoms with E-state index in [0.717, 1.165) is 30.3 Å². The summed E-state index contributed by atoms with van der Waals surface area (Å²) in [5, 5.41) is 12.0. The van der Waals surface area contributed by atoms with Crippen LogP contribution in [0.25, 0.3) is 0 Å². The molecule has 2 nitrogen and oxygen atoms in total. The zero-order valence-corrected chi connectivity index (χ0v) is 12.0. The van der Waals surface area contributed by atoms with Gasteiger partial charge in [0.25, 0.3) is 0 Å². The first-order valence-corrected chi connectivity index (χ1v) is 7.05. The van der Waals surface area contributed by atoms with Gasteiger partial charge in [0.2, 0.25) is 0 Å². The lowest BCUT2D eigenvalue weighted by atomic mass is 9.88. The lowest BCUT2D eigenvalue weighted by molar-refractivity contribution is 0.319. The monoisotopic (exact) mass is 270 g/mol. The van der Waals surface area contributed by atoms with Gasteiger partial charge in [0.15, 0.2) is 0 Å². The van der Waals surface area contributed by atoms with E-state index in [4.69, 9.17) is 16.9 Å². The molecule has 4 heteroatoms. The van der Waals surface area contributed by atoms with Gasteiger partial charge in [0, 0.05) is 17.8 Å². The van der Waals surface area contributed by atoms with Crippen LogP contribution in [0.5, 0.6) is 0 Å². The Balaban J connectivity index is 2.17. The summed E-state index contributed by atoms with van der Waals surface area (Å²) in [6.07, 6.45) is 2.60. The molecule has 0 aromatic carbocycles. The molecule has 0 saturated heterocycles. The van der Waals surface area contributed by atoms with Crippen LogP contribution in [0.4, 0.5) is 0 Å². The van der Waals surface area contributed by atoms with Crippen molar-refractivity contribution in [2.75, 3.05) is 13.1 Å². The highest BCUT2D eigenvalue weighted by Crippen LogP contribution is 2.22. The largest absolute Gasteiger partial charge is 0.316 e. The fourth-order valence-corrected chi connectivity index (χ4v) is 2.69. The number of nitrogens with zero attached hydrogens (tertiary/aromatic N) is 1. The number of nitriles is 1. The van der Waals surface area contributed by atoms with E-state index in [1.807, 2.05) is 6.07 Å². The minimum absolute atomic E-state index is 0.197. The molecule has 0 atom stereocenters. The Hall–Kier alpha value is -0.560. The van der Waals surface area contributed by atoms with Crippen molar-refractivity contribution in [3.8, 4) is 6.07 Å². The van der Waals surface area contributed by atoms with Crippen molar-refractivity contribution < 1.29 is 0 Å². The van der Waals surface area contributed by atoms with Crippen LogP contribution in [-0.4, -0.2) is 13.1 Å². The summed E-state index contributed by atoms with van der Waals surface area (Å²) in [6.45, 7) is 6.30. The van der Waals surface area contributed by atoms with E-state index in [1.165, 1.54) is 4.88 Å². The molecule has 0 unspecified atom stereocenters. The standard InChI is InChI=1S/C13H19ClN2S/c1-13(2,7-3-8-15)10-16-9-6-11-4-5-12(14)17-11/h4-5,16H,3,6-7,9-10H2,1-2H3. The summed E-state index contributed by atoms with van der Waals surface area (Å²) in [5.41, 5.74) is 0.197. The van der Waals surface area contributed by atoms with Gasteiger partial charge in [-0.1, -0.05) is 25.4 Å². The molecule has 0 aliphatic rings. The van der Waals surface area contributed by atoms with Gasteiger partial charge < -0.3 is 5.32 Å². The Labute approximate surface area is 113 Å². The number of nitrogens with one attached hydrogen (secondary N) is 1. The third-order valence-electron chi connectivity index (χ3n) is 2.69. The predicted molar refractivity (Wildman–Crippen MR) is 74.5 cm³/mol. The summed E-state index contributed by atoms with van der Waals surface area (Å²) in [6, 6.07) is 6.22. The molecule has 0 amide bonds. The number of halogens is 1. The van der Waals surface area contributed by atoms with E-state index in [1.54, 1.807) is 11.3 Å². The summed E-state index contributed by atoms with van der Waals surface area (Å²) >= 11 is 7.51. The molecule has 1 rings (SSSR count). The second-order valence-corrected chi connectivity index (χ2v) is 6.75. The van der Waals surface area contributed by atoms with Crippen LogP contribution >= 0.6 is 22.9 Å². The van der Waals surface area contributed by atoms with E-state index in [2.05, 4.69) is 31.3 Å². The Morgan fingerprint density at radius 3 is 2.82 bits per heavy atom. The minimum atomic E-state index is 0.197. The summed E-state index contributed by atoms with van der Waals surface area (Å²) in [4.78, 5) is 1.32. The zero-order chi connectivity index (χ0) is 12.7. The zero-order valence-electron chi connectivity index (χ0n) is 10.4. The molecule has 17 heavy (non-hydrogen) atoms. The van der Waals surface area contributed by atoms with E-state index in [9.17, 15) is 0 Å². The molecular formula is C13H19ClN2S. The van der Waals surface area contributed by atoms with Crippen LogP contribution in [0.1, 0.15) is 31.6 Å². The maximum atomic E-state index is 8.57. The molecule has 0 aliphatic carbocycles. The van der Waals surface area contributed by atoms with Crippen LogP contribution in [0.15, 0.2) is 12.1 Å². The van der Waals surface area contributed by atoms with Crippen LogP contribution < -0.4 is 5.32 Å². The maximum absolute atomic E-state index is 8.57. The molecule has 1 N–H and O–H groups in total. The van der Waals surface area contributed by atoms with Gasteiger partial charge >= 0.3 is 0 Å². The quantitative estimate of drug-likeness (QED) is 0.764. The Morgan fingerprint density at radius 1 is 1.47 bits per heavy atom. The number of rotatable bonds is 7. The smallest absolute Gasteiger partial charge is 0.0931 e. The van der Waals surface area contributed by atoms with Crippen molar-refractivity contribution >= 4 is 22.9 Å². The predicted octanol–water partition coefficient (Wildman–Crippen LogP) is 3.86. The Bertz CT molecular complexity index is 379. The third-order valence-corrected chi connectivity index (χ3v) is 3.99. The fraction of sp³-hybridized carbons (Fsp3) is 0.615. The summed E-state index contributed by atoms with van der Waals surface area (Å²) < 4.78 is 0.856. The van der Waals surface area contributed by atoms with Gasteiger partial charge in [-0.2, -0.15) is 5.26 Å². The maximum Gasteiger partial charge on any atom is 0.0931 e. The van der Waals surface area contributed by atoms with Crippen molar-refractivity contribution in [3.05, 3.63) is 21.3 Å². The molecule has 0 radical (unpaired) electrons. The van der Waals surface area contributed by atoms with Crippen LogP contribution in [0.2, 0.25) is 4.34 Å². The minimum Gasteiger partial charge on any atom is -0.316 e. The number of hydrogen-bond acceptors (Lipinski definition) is 3. The molecule has 0 spiro atoms. The highest BCUT2D eigenvalue weighted by Gasteiger charge is 2.16. The highest BCUT2D eigenvalue weighted by atomic mass is 35.5. The van der Waals surface area contributed by atoms with Gasteiger partial charge in [0.1, 0.15) is 0 Å². The molecule has 0 saturated carbocycles. The van der Waals surface area contributed by atoms with Gasteiger partial charge in [-0.25, -0.2) is 0 Å².